The molecule has 1 amide bonds. The molecule has 0 aromatic carbocycles. The molecule has 2 heterocycles. The number of piperidine rings is 1. The van der Waals surface area contributed by atoms with Gasteiger partial charge in [-0.1, -0.05) is 24.6 Å². The van der Waals surface area contributed by atoms with Crippen molar-refractivity contribution < 1.29 is 4.79 Å². The van der Waals surface area contributed by atoms with Gasteiger partial charge < -0.3 is 15.5 Å². The molecule has 0 bridgehead atoms. The van der Waals surface area contributed by atoms with Crippen LogP contribution < -0.4 is 10.6 Å². The standard InChI is InChI=1S/C19H30ClN5O/c1-3-21-19(22-10-8-16-6-7-17(20)24-13-16)23-11-9-18(26)25-12-4-5-15(2)14-25/h6-7,13,15H,3-5,8-12,14H2,1-2H3,(H2,21,22,23). The van der Waals surface area contributed by atoms with Crippen molar-refractivity contribution in [1.29, 1.82) is 0 Å². The normalized spacial score (nSPS) is 17.9. The van der Waals surface area contributed by atoms with Crippen LogP contribution >= 0.6 is 11.6 Å². The number of hydrogen-bond donors (Lipinski definition) is 2. The molecule has 2 rings (SSSR count). The summed E-state index contributed by atoms with van der Waals surface area (Å²) >= 11 is 5.80. The minimum Gasteiger partial charge on any atom is -0.357 e. The van der Waals surface area contributed by atoms with Crippen LogP contribution in [0.15, 0.2) is 23.3 Å². The number of pyridine rings is 1. The molecule has 7 heteroatoms. The smallest absolute Gasteiger partial charge is 0.224 e. The second-order valence-electron chi connectivity index (χ2n) is 6.76. The van der Waals surface area contributed by atoms with Crippen LogP contribution in [-0.2, 0) is 11.2 Å². The number of nitrogens with one attached hydrogen (secondary N) is 2. The van der Waals surface area contributed by atoms with Gasteiger partial charge in [-0.05, 0) is 43.7 Å². The Balaban J connectivity index is 1.74. The summed E-state index contributed by atoms with van der Waals surface area (Å²) < 4.78 is 0. The minimum atomic E-state index is 0.211. The zero-order valence-electron chi connectivity index (χ0n) is 15.8. The molecule has 26 heavy (non-hydrogen) atoms. The van der Waals surface area contributed by atoms with E-state index < -0.39 is 0 Å². The van der Waals surface area contributed by atoms with Gasteiger partial charge >= 0.3 is 0 Å². The first kappa shape index (κ1) is 20.5. The molecule has 1 aliphatic heterocycles. The van der Waals surface area contributed by atoms with Crippen molar-refractivity contribution in [3.63, 3.8) is 0 Å². The molecular weight excluding hydrogens is 350 g/mol. The van der Waals surface area contributed by atoms with Gasteiger partial charge in [-0.3, -0.25) is 9.79 Å². The average molecular weight is 380 g/mol. The van der Waals surface area contributed by atoms with E-state index in [1.165, 1.54) is 6.42 Å². The van der Waals surface area contributed by atoms with Crippen molar-refractivity contribution in [3.05, 3.63) is 29.0 Å². The van der Waals surface area contributed by atoms with E-state index in [1.54, 1.807) is 12.3 Å². The Kier molecular flexibility index (Phi) is 8.68. The van der Waals surface area contributed by atoms with Gasteiger partial charge in [-0.25, -0.2) is 4.98 Å². The number of hydrogen-bond acceptors (Lipinski definition) is 3. The van der Waals surface area contributed by atoms with Gasteiger partial charge in [0.25, 0.3) is 0 Å². The van der Waals surface area contributed by atoms with E-state index in [0.717, 1.165) is 50.5 Å². The molecule has 1 fully saturated rings. The lowest BCUT2D eigenvalue weighted by Crippen LogP contribution is -2.40. The zero-order valence-corrected chi connectivity index (χ0v) is 16.6. The van der Waals surface area contributed by atoms with Gasteiger partial charge in [0.2, 0.25) is 5.91 Å². The Bertz CT molecular complexity index is 590. The number of aliphatic imine (C=N–C) groups is 1. The molecule has 144 valence electrons. The van der Waals surface area contributed by atoms with E-state index in [-0.39, 0.29) is 5.91 Å². The fourth-order valence-electron chi connectivity index (χ4n) is 3.06. The number of rotatable bonds is 7. The van der Waals surface area contributed by atoms with Gasteiger partial charge in [0.15, 0.2) is 5.96 Å². The summed E-state index contributed by atoms with van der Waals surface area (Å²) in [6.07, 6.45) is 5.41. The van der Waals surface area contributed by atoms with Gasteiger partial charge in [0, 0.05) is 38.8 Å². The second-order valence-corrected chi connectivity index (χ2v) is 7.15. The Hall–Kier alpha value is -1.82. The molecule has 1 unspecified atom stereocenters. The molecule has 0 aliphatic carbocycles. The van der Waals surface area contributed by atoms with Gasteiger partial charge in [-0.15, -0.1) is 0 Å². The average Bonchev–Trinajstić information content (AvgIpc) is 2.63. The highest BCUT2D eigenvalue weighted by atomic mass is 35.5. The van der Waals surface area contributed by atoms with Crippen LogP contribution in [0.2, 0.25) is 5.15 Å². The Labute approximate surface area is 161 Å². The van der Waals surface area contributed by atoms with Crippen molar-refractivity contribution in [1.82, 2.24) is 20.5 Å². The number of carbonyl (C=O) groups is 1. The Morgan fingerprint density at radius 3 is 2.96 bits per heavy atom. The second kappa shape index (κ2) is 11.0. The lowest BCUT2D eigenvalue weighted by molar-refractivity contribution is -0.132. The third kappa shape index (κ3) is 7.20. The lowest BCUT2D eigenvalue weighted by Gasteiger charge is -2.30. The molecule has 6 nitrogen and oxygen atoms in total. The van der Waals surface area contributed by atoms with Crippen molar-refractivity contribution in [2.24, 2.45) is 10.9 Å². The molecular formula is C19H30ClN5O. The third-order valence-electron chi connectivity index (χ3n) is 4.44. The summed E-state index contributed by atoms with van der Waals surface area (Å²) in [4.78, 5) is 22.9. The first-order valence-electron chi connectivity index (χ1n) is 9.49. The molecule has 1 aromatic rings. The van der Waals surface area contributed by atoms with Crippen molar-refractivity contribution in [2.45, 2.75) is 39.5 Å². The van der Waals surface area contributed by atoms with Crippen LogP contribution in [0.4, 0.5) is 0 Å². The summed E-state index contributed by atoms with van der Waals surface area (Å²) in [7, 11) is 0. The largest absolute Gasteiger partial charge is 0.357 e. The molecule has 1 aromatic heterocycles. The van der Waals surface area contributed by atoms with Gasteiger partial charge in [0.1, 0.15) is 5.15 Å². The molecule has 2 N–H and O–H groups in total. The quantitative estimate of drug-likeness (QED) is 0.434. The number of nitrogens with zero attached hydrogens (tertiary/aromatic N) is 3. The van der Waals surface area contributed by atoms with E-state index in [9.17, 15) is 4.79 Å². The number of guanidine groups is 1. The van der Waals surface area contributed by atoms with Crippen molar-refractivity contribution >= 4 is 23.5 Å². The predicted molar refractivity (Wildman–Crippen MR) is 107 cm³/mol. The molecule has 1 atom stereocenters. The Morgan fingerprint density at radius 2 is 2.27 bits per heavy atom. The van der Waals surface area contributed by atoms with Crippen LogP contribution in [0.1, 0.15) is 38.7 Å². The maximum Gasteiger partial charge on any atom is 0.224 e. The summed E-state index contributed by atoms with van der Waals surface area (Å²) in [6, 6.07) is 3.77. The van der Waals surface area contributed by atoms with Crippen molar-refractivity contribution in [2.75, 3.05) is 32.7 Å². The summed E-state index contributed by atoms with van der Waals surface area (Å²) in [6.45, 7) is 8.04. The van der Waals surface area contributed by atoms with Crippen molar-refractivity contribution in [3.8, 4) is 0 Å². The van der Waals surface area contributed by atoms with Gasteiger partial charge in [0.05, 0.1) is 6.54 Å². The number of carbonyl (C=O) groups excluding carboxylic acids is 1. The fraction of sp³-hybridized carbons (Fsp3) is 0.632. The Morgan fingerprint density at radius 1 is 1.42 bits per heavy atom. The van der Waals surface area contributed by atoms with E-state index >= 15 is 0 Å². The van der Waals surface area contributed by atoms with Crippen LogP contribution in [0, 0.1) is 5.92 Å². The zero-order chi connectivity index (χ0) is 18.8. The van der Waals surface area contributed by atoms with E-state index in [4.69, 9.17) is 11.6 Å². The van der Waals surface area contributed by atoms with E-state index in [0.29, 0.717) is 24.0 Å². The molecule has 1 aliphatic rings. The predicted octanol–water partition coefficient (Wildman–Crippen LogP) is 2.48. The first-order valence-corrected chi connectivity index (χ1v) is 9.86. The molecule has 0 radical (unpaired) electrons. The third-order valence-corrected chi connectivity index (χ3v) is 4.67. The van der Waals surface area contributed by atoms with Crippen LogP contribution in [0.25, 0.3) is 0 Å². The highest BCUT2D eigenvalue weighted by molar-refractivity contribution is 6.29. The highest BCUT2D eigenvalue weighted by Gasteiger charge is 2.20. The fourth-order valence-corrected chi connectivity index (χ4v) is 3.17. The number of aromatic nitrogens is 1. The number of halogens is 1. The van der Waals surface area contributed by atoms with Crippen LogP contribution in [-0.4, -0.2) is 54.5 Å². The van der Waals surface area contributed by atoms with E-state index in [2.05, 4.69) is 27.5 Å². The van der Waals surface area contributed by atoms with Crippen LogP contribution in [0.5, 0.6) is 0 Å². The highest BCUT2D eigenvalue weighted by Crippen LogP contribution is 2.16. The monoisotopic (exact) mass is 379 g/mol. The molecule has 0 saturated carbocycles. The topological polar surface area (TPSA) is 69.6 Å². The van der Waals surface area contributed by atoms with Crippen LogP contribution in [0.3, 0.4) is 0 Å². The SMILES string of the molecule is CCNC(=NCCC(=O)N1CCCC(C)C1)NCCc1ccc(Cl)nc1. The first-order chi connectivity index (χ1) is 12.6. The molecule has 0 spiro atoms. The van der Waals surface area contributed by atoms with E-state index in [1.807, 2.05) is 17.9 Å². The summed E-state index contributed by atoms with van der Waals surface area (Å²) in [5.74, 6) is 1.56. The minimum absolute atomic E-state index is 0.211. The summed E-state index contributed by atoms with van der Waals surface area (Å²) in [5, 5.41) is 7.02. The maximum atomic E-state index is 12.3. The lowest BCUT2D eigenvalue weighted by atomic mass is 10.00. The van der Waals surface area contributed by atoms with Gasteiger partial charge in [-0.2, -0.15) is 0 Å². The maximum absolute atomic E-state index is 12.3. The molecule has 1 saturated heterocycles. The summed E-state index contributed by atoms with van der Waals surface area (Å²) in [5.41, 5.74) is 1.12. The number of likely N-dealkylation sites (tertiary alicyclic amines) is 1. The number of amides is 1.